The molecule has 0 aliphatic rings. The average molecular weight is 245 g/mol. The van der Waals surface area contributed by atoms with E-state index in [4.69, 9.17) is 5.14 Å². The van der Waals surface area contributed by atoms with E-state index < -0.39 is 10.0 Å². The summed E-state index contributed by atoms with van der Waals surface area (Å²) < 4.78 is 24.0. The van der Waals surface area contributed by atoms with Gasteiger partial charge in [-0.3, -0.25) is 4.40 Å². The summed E-state index contributed by atoms with van der Waals surface area (Å²) in [6.45, 7) is 3.71. The highest BCUT2D eigenvalue weighted by atomic mass is 32.2. The van der Waals surface area contributed by atoms with E-state index in [1.807, 2.05) is 16.7 Å². The molecule has 0 saturated heterocycles. The van der Waals surface area contributed by atoms with E-state index in [1.165, 1.54) is 11.3 Å². The highest BCUT2D eigenvalue weighted by Crippen LogP contribution is 2.21. The van der Waals surface area contributed by atoms with Crippen molar-refractivity contribution in [2.45, 2.75) is 19.6 Å². The van der Waals surface area contributed by atoms with Crippen LogP contribution in [0, 0.1) is 13.8 Å². The number of aryl methyl sites for hydroxylation is 2. The maximum absolute atomic E-state index is 11.1. The fraction of sp³-hybridized carbons (Fsp3) is 0.375. The van der Waals surface area contributed by atoms with Crippen molar-refractivity contribution >= 4 is 26.3 Å². The van der Waals surface area contributed by atoms with Gasteiger partial charge >= 0.3 is 0 Å². The highest BCUT2D eigenvalue weighted by Gasteiger charge is 2.16. The third kappa shape index (κ3) is 1.90. The van der Waals surface area contributed by atoms with Gasteiger partial charge in [0.25, 0.3) is 0 Å². The maximum Gasteiger partial charge on any atom is 0.214 e. The van der Waals surface area contributed by atoms with E-state index in [2.05, 4.69) is 4.98 Å². The Morgan fingerprint density at radius 1 is 1.53 bits per heavy atom. The summed E-state index contributed by atoms with van der Waals surface area (Å²) in [7, 11) is -3.51. The number of primary sulfonamides is 1. The predicted molar refractivity (Wildman–Crippen MR) is 59.4 cm³/mol. The number of thiazole rings is 1. The van der Waals surface area contributed by atoms with Crippen LogP contribution in [-0.2, 0) is 15.8 Å². The molecular formula is C8H11N3O2S2. The minimum Gasteiger partial charge on any atom is -0.291 e. The minimum absolute atomic E-state index is 0.169. The second-order valence-corrected chi connectivity index (χ2v) is 5.90. The quantitative estimate of drug-likeness (QED) is 0.850. The van der Waals surface area contributed by atoms with Gasteiger partial charge in [0.2, 0.25) is 10.0 Å². The van der Waals surface area contributed by atoms with E-state index in [-0.39, 0.29) is 5.75 Å². The van der Waals surface area contributed by atoms with Crippen LogP contribution in [0.3, 0.4) is 0 Å². The van der Waals surface area contributed by atoms with Crippen molar-refractivity contribution in [3.05, 3.63) is 22.5 Å². The van der Waals surface area contributed by atoms with E-state index in [0.29, 0.717) is 5.69 Å². The first-order valence-electron chi connectivity index (χ1n) is 4.31. The van der Waals surface area contributed by atoms with Gasteiger partial charge in [0.15, 0.2) is 4.96 Å². The molecular weight excluding hydrogens is 234 g/mol. The Labute approximate surface area is 91.6 Å². The molecule has 0 saturated carbocycles. The van der Waals surface area contributed by atoms with Crippen molar-refractivity contribution in [3.8, 4) is 0 Å². The Kier molecular flexibility index (Phi) is 2.32. The maximum atomic E-state index is 11.1. The number of imidazole rings is 1. The van der Waals surface area contributed by atoms with Gasteiger partial charge in [-0.25, -0.2) is 18.5 Å². The lowest BCUT2D eigenvalue weighted by atomic mass is 10.4. The van der Waals surface area contributed by atoms with E-state index >= 15 is 0 Å². The van der Waals surface area contributed by atoms with Gasteiger partial charge in [-0.15, -0.1) is 11.3 Å². The lowest BCUT2D eigenvalue weighted by Gasteiger charge is -2.00. The third-order valence-electron chi connectivity index (χ3n) is 2.17. The topological polar surface area (TPSA) is 77.5 Å². The summed E-state index contributed by atoms with van der Waals surface area (Å²) in [6, 6.07) is 0. The number of fused-ring (bicyclic) bond motifs is 1. The van der Waals surface area contributed by atoms with Crippen LogP contribution in [0.1, 0.15) is 17.1 Å². The smallest absolute Gasteiger partial charge is 0.214 e. The molecule has 82 valence electrons. The molecule has 0 fully saturated rings. The van der Waals surface area contributed by atoms with Gasteiger partial charge in [-0.1, -0.05) is 0 Å². The average Bonchev–Trinajstić information content (AvgIpc) is 2.54. The number of hydrogen-bond donors (Lipinski definition) is 1. The Bertz CT molecular complexity index is 609. The van der Waals surface area contributed by atoms with Crippen molar-refractivity contribution in [2.24, 2.45) is 5.14 Å². The fourth-order valence-corrected chi connectivity index (χ4v) is 3.18. The van der Waals surface area contributed by atoms with Crippen LogP contribution in [0.15, 0.2) is 5.38 Å². The first-order valence-corrected chi connectivity index (χ1v) is 6.90. The highest BCUT2D eigenvalue weighted by molar-refractivity contribution is 7.88. The van der Waals surface area contributed by atoms with Crippen LogP contribution < -0.4 is 5.14 Å². The number of aromatic nitrogens is 2. The third-order valence-corrected chi connectivity index (χ3v) is 3.79. The second kappa shape index (κ2) is 3.29. The zero-order chi connectivity index (χ0) is 11.2. The van der Waals surface area contributed by atoms with Crippen LogP contribution in [0.4, 0.5) is 0 Å². The molecule has 15 heavy (non-hydrogen) atoms. The standard InChI is InChI=1S/C8H11N3O2S2/c1-5-3-14-8-10-6(2)7(11(5)8)4-15(9,12)13/h3H,4H2,1-2H3,(H2,9,12,13). The molecule has 2 rings (SSSR count). The number of nitrogens with two attached hydrogens (primary N) is 1. The Morgan fingerprint density at radius 2 is 2.20 bits per heavy atom. The number of sulfonamides is 1. The minimum atomic E-state index is -3.51. The molecule has 2 N–H and O–H groups in total. The molecule has 0 atom stereocenters. The molecule has 2 aromatic rings. The molecule has 5 nitrogen and oxygen atoms in total. The van der Waals surface area contributed by atoms with Gasteiger partial charge in [-0.2, -0.15) is 0 Å². The zero-order valence-corrected chi connectivity index (χ0v) is 10.0. The van der Waals surface area contributed by atoms with Crippen molar-refractivity contribution in [1.82, 2.24) is 9.38 Å². The van der Waals surface area contributed by atoms with Crippen LogP contribution in [0.5, 0.6) is 0 Å². The normalized spacial score (nSPS) is 12.5. The largest absolute Gasteiger partial charge is 0.291 e. The fourth-order valence-electron chi connectivity index (χ4n) is 1.53. The molecule has 2 aromatic heterocycles. The number of hydrogen-bond acceptors (Lipinski definition) is 4. The van der Waals surface area contributed by atoms with E-state index in [9.17, 15) is 8.42 Å². The Morgan fingerprint density at radius 3 is 2.80 bits per heavy atom. The van der Waals surface area contributed by atoms with Crippen LogP contribution in [-0.4, -0.2) is 17.8 Å². The predicted octanol–water partition coefficient (Wildman–Crippen LogP) is 0.801. The molecule has 0 amide bonds. The second-order valence-electron chi connectivity index (χ2n) is 3.45. The molecule has 0 aliphatic carbocycles. The molecule has 7 heteroatoms. The lowest BCUT2D eigenvalue weighted by Crippen LogP contribution is -2.16. The first kappa shape index (κ1) is 10.6. The zero-order valence-electron chi connectivity index (χ0n) is 8.39. The summed E-state index contributed by atoms with van der Waals surface area (Å²) >= 11 is 1.49. The Balaban J connectivity index is 2.67. The van der Waals surface area contributed by atoms with Crippen molar-refractivity contribution < 1.29 is 8.42 Å². The van der Waals surface area contributed by atoms with Crippen molar-refractivity contribution in [3.63, 3.8) is 0 Å². The summed E-state index contributed by atoms with van der Waals surface area (Å²) in [6.07, 6.45) is 0. The van der Waals surface area contributed by atoms with Gasteiger partial charge in [0.05, 0.1) is 11.4 Å². The summed E-state index contributed by atoms with van der Waals surface area (Å²) in [5, 5.41) is 6.98. The van der Waals surface area contributed by atoms with Crippen molar-refractivity contribution in [1.29, 1.82) is 0 Å². The van der Waals surface area contributed by atoms with Crippen LogP contribution in [0.25, 0.3) is 4.96 Å². The SMILES string of the molecule is Cc1nc2scc(C)n2c1CS(N)(=O)=O. The molecule has 0 spiro atoms. The van der Waals surface area contributed by atoms with Crippen LogP contribution in [0.2, 0.25) is 0 Å². The lowest BCUT2D eigenvalue weighted by molar-refractivity contribution is 0.596. The Hall–Kier alpha value is -0.920. The number of nitrogens with zero attached hydrogens (tertiary/aromatic N) is 2. The van der Waals surface area contributed by atoms with Gasteiger partial charge < -0.3 is 0 Å². The van der Waals surface area contributed by atoms with Gasteiger partial charge in [0, 0.05) is 11.1 Å². The van der Waals surface area contributed by atoms with Gasteiger partial charge in [0.1, 0.15) is 5.75 Å². The van der Waals surface area contributed by atoms with Crippen LogP contribution >= 0.6 is 11.3 Å². The summed E-state index contributed by atoms with van der Waals surface area (Å²) in [4.78, 5) is 5.09. The first-order chi connectivity index (χ1) is 6.88. The molecule has 0 aliphatic heterocycles. The van der Waals surface area contributed by atoms with Gasteiger partial charge in [-0.05, 0) is 13.8 Å². The summed E-state index contributed by atoms with van der Waals surface area (Å²) in [5.74, 6) is -0.169. The molecule has 2 heterocycles. The summed E-state index contributed by atoms with van der Waals surface area (Å²) in [5.41, 5.74) is 2.36. The van der Waals surface area contributed by atoms with E-state index in [0.717, 1.165) is 16.3 Å². The van der Waals surface area contributed by atoms with Crippen molar-refractivity contribution in [2.75, 3.05) is 0 Å². The molecule has 0 bridgehead atoms. The molecule has 0 aromatic carbocycles. The molecule has 0 radical (unpaired) electrons. The van der Waals surface area contributed by atoms with E-state index in [1.54, 1.807) is 6.92 Å². The molecule has 0 unspecified atom stereocenters. The number of rotatable bonds is 2. The monoisotopic (exact) mass is 245 g/mol.